The summed E-state index contributed by atoms with van der Waals surface area (Å²) in [6.45, 7) is 6.77. The van der Waals surface area contributed by atoms with Gasteiger partial charge < -0.3 is 10.3 Å². The zero-order valence-electron chi connectivity index (χ0n) is 8.35. The highest BCUT2D eigenvalue weighted by Crippen LogP contribution is 2.14. The van der Waals surface area contributed by atoms with Crippen LogP contribution in [0.5, 0.6) is 0 Å². The van der Waals surface area contributed by atoms with Crippen LogP contribution in [0.3, 0.4) is 0 Å². The summed E-state index contributed by atoms with van der Waals surface area (Å²) in [5, 5.41) is 2.74. The number of H-pyrrole nitrogens is 1. The highest BCUT2D eigenvalue weighted by molar-refractivity contribution is 5.92. The summed E-state index contributed by atoms with van der Waals surface area (Å²) in [6, 6.07) is 1.90. The number of carbonyl (C=O) groups excluding carboxylic acids is 1. The van der Waals surface area contributed by atoms with Crippen LogP contribution in [0.1, 0.15) is 45.6 Å². The highest BCUT2D eigenvalue weighted by Gasteiger charge is 2.08. The van der Waals surface area contributed by atoms with Gasteiger partial charge in [0.25, 0.3) is 5.91 Å². The van der Waals surface area contributed by atoms with Crippen LogP contribution in [0, 0.1) is 0 Å². The third-order valence-corrected chi connectivity index (χ3v) is 1.95. The molecule has 0 aliphatic heterocycles. The van der Waals surface area contributed by atoms with Gasteiger partial charge in [-0.1, -0.05) is 13.8 Å². The van der Waals surface area contributed by atoms with Crippen molar-refractivity contribution in [3.8, 4) is 0 Å². The summed E-state index contributed by atoms with van der Waals surface area (Å²) in [4.78, 5) is 14.3. The molecule has 0 unspecified atom stereocenters. The average Bonchev–Trinajstić information content (AvgIpc) is 2.52. The fourth-order valence-corrected chi connectivity index (χ4v) is 1.13. The van der Waals surface area contributed by atoms with E-state index in [0.717, 1.165) is 0 Å². The summed E-state index contributed by atoms with van der Waals surface area (Å²) in [5.74, 6) is 0.425. The molecule has 1 aromatic rings. The van der Waals surface area contributed by atoms with Crippen molar-refractivity contribution in [2.75, 3.05) is 6.54 Å². The second-order valence-electron chi connectivity index (χ2n) is 3.36. The molecule has 0 saturated heterocycles. The number of hydrogen-bond donors (Lipinski definition) is 2. The van der Waals surface area contributed by atoms with E-state index in [1.165, 1.54) is 5.56 Å². The van der Waals surface area contributed by atoms with Crippen LogP contribution in [-0.2, 0) is 0 Å². The molecule has 0 aliphatic rings. The predicted molar refractivity (Wildman–Crippen MR) is 57.1 cm³/mol. The number of hydrogen-bond acceptors (Lipinski definition) is 1. The molecule has 0 spiro atoms. The Bertz CT molecular complexity index is 297. The molecule has 0 aromatic carbocycles. The smallest absolute Gasteiger partial charge is 0.267 e. The Balaban J connectivity index is 0. The molecular formula is C10H20N2O. The second-order valence-corrected chi connectivity index (χ2v) is 3.36. The zero-order chi connectivity index (χ0) is 9.84. The van der Waals surface area contributed by atoms with Gasteiger partial charge in [-0.15, -0.1) is 0 Å². The molecule has 0 radical (unpaired) electrons. The molecule has 0 bridgehead atoms. The van der Waals surface area contributed by atoms with Gasteiger partial charge >= 0.3 is 0 Å². The van der Waals surface area contributed by atoms with Crippen molar-refractivity contribution in [1.29, 1.82) is 0 Å². The minimum Gasteiger partial charge on any atom is -0.357 e. The Hall–Kier alpha value is -1.25. The van der Waals surface area contributed by atoms with Crippen LogP contribution in [0.2, 0.25) is 0 Å². The monoisotopic (exact) mass is 184 g/mol. The molecule has 3 heteroatoms. The molecule has 0 atom stereocenters. The van der Waals surface area contributed by atoms with Gasteiger partial charge in [0.05, 0.1) is 0 Å². The SMILES string of the molecule is CCNC(=O)c1cc(C(C)C)c[nH]1.[HH].[HH]. The maximum atomic E-state index is 11.3. The van der Waals surface area contributed by atoms with Gasteiger partial charge in [0, 0.05) is 15.6 Å². The van der Waals surface area contributed by atoms with E-state index in [9.17, 15) is 4.79 Å². The van der Waals surface area contributed by atoms with Gasteiger partial charge in [-0.05, 0) is 24.5 Å². The number of nitrogens with one attached hydrogen (secondary N) is 2. The third-order valence-electron chi connectivity index (χ3n) is 1.95. The van der Waals surface area contributed by atoms with Gasteiger partial charge in [-0.2, -0.15) is 0 Å². The van der Waals surface area contributed by atoms with Gasteiger partial charge in [0.2, 0.25) is 0 Å². The number of aromatic nitrogens is 1. The van der Waals surface area contributed by atoms with Crippen molar-refractivity contribution in [1.82, 2.24) is 10.3 Å². The molecule has 0 saturated carbocycles. The zero-order valence-corrected chi connectivity index (χ0v) is 8.35. The lowest BCUT2D eigenvalue weighted by Crippen LogP contribution is -2.22. The third kappa shape index (κ3) is 2.34. The summed E-state index contributed by atoms with van der Waals surface area (Å²) in [7, 11) is 0. The van der Waals surface area contributed by atoms with Crippen molar-refractivity contribution in [3.05, 3.63) is 23.5 Å². The largest absolute Gasteiger partial charge is 0.357 e. The summed E-state index contributed by atoms with van der Waals surface area (Å²) >= 11 is 0. The topological polar surface area (TPSA) is 44.9 Å². The number of amides is 1. The van der Waals surface area contributed by atoms with E-state index >= 15 is 0 Å². The summed E-state index contributed by atoms with van der Waals surface area (Å²) in [6.07, 6.45) is 1.88. The Kier molecular flexibility index (Phi) is 3.12. The van der Waals surface area contributed by atoms with Crippen LogP contribution < -0.4 is 5.32 Å². The maximum Gasteiger partial charge on any atom is 0.267 e. The number of rotatable bonds is 3. The summed E-state index contributed by atoms with van der Waals surface area (Å²) in [5.41, 5.74) is 1.81. The van der Waals surface area contributed by atoms with Crippen LogP contribution in [0.15, 0.2) is 12.3 Å². The number of aromatic amines is 1. The van der Waals surface area contributed by atoms with Crippen molar-refractivity contribution >= 4 is 5.91 Å². The summed E-state index contributed by atoms with van der Waals surface area (Å²) < 4.78 is 0. The normalized spacial score (nSPS) is 10.5. The Morgan fingerprint density at radius 2 is 2.38 bits per heavy atom. The molecule has 76 valence electrons. The molecular weight excluding hydrogens is 164 g/mol. The van der Waals surface area contributed by atoms with Crippen LogP contribution >= 0.6 is 0 Å². The van der Waals surface area contributed by atoms with E-state index in [-0.39, 0.29) is 8.76 Å². The standard InChI is InChI=1S/C10H16N2O.2H2/c1-4-11-10(13)9-5-8(6-12-9)7(2)3;;/h5-7,12H,4H2,1-3H3,(H,11,13);2*1H. The first-order valence-electron chi connectivity index (χ1n) is 4.61. The fourth-order valence-electron chi connectivity index (χ4n) is 1.13. The lowest BCUT2D eigenvalue weighted by atomic mass is 10.1. The minimum atomic E-state index is -0.0330. The Morgan fingerprint density at radius 1 is 1.69 bits per heavy atom. The van der Waals surface area contributed by atoms with Gasteiger partial charge in [-0.25, -0.2) is 0 Å². The van der Waals surface area contributed by atoms with Crippen LogP contribution in [0.25, 0.3) is 0 Å². The average molecular weight is 184 g/mol. The Labute approximate surface area is 81.5 Å². The van der Waals surface area contributed by atoms with E-state index in [0.29, 0.717) is 18.2 Å². The molecule has 3 nitrogen and oxygen atoms in total. The van der Waals surface area contributed by atoms with Crippen molar-refractivity contribution in [2.45, 2.75) is 26.7 Å². The molecule has 0 aliphatic carbocycles. The lowest BCUT2D eigenvalue weighted by Gasteiger charge is -1.98. The first kappa shape index (κ1) is 9.84. The second kappa shape index (κ2) is 4.12. The molecule has 0 fully saturated rings. The molecule has 1 heterocycles. The van der Waals surface area contributed by atoms with Crippen molar-refractivity contribution in [3.63, 3.8) is 0 Å². The molecule has 13 heavy (non-hydrogen) atoms. The predicted octanol–water partition coefficient (Wildman–Crippen LogP) is 2.38. The highest BCUT2D eigenvalue weighted by atomic mass is 16.1. The Morgan fingerprint density at radius 3 is 2.85 bits per heavy atom. The first-order valence-corrected chi connectivity index (χ1v) is 4.61. The van der Waals surface area contributed by atoms with E-state index < -0.39 is 0 Å². The quantitative estimate of drug-likeness (QED) is 0.744. The van der Waals surface area contributed by atoms with Gasteiger partial charge in [0.1, 0.15) is 5.69 Å². The van der Waals surface area contributed by atoms with E-state index in [1.807, 2.05) is 19.2 Å². The van der Waals surface area contributed by atoms with Gasteiger partial charge in [0.15, 0.2) is 0 Å². The number of carbonyl (C=O) groups is 1. The van der Waals surface area contributed by atoms with Crippen molar-refractivity contribution in [2.24, 2.45) is 0 Å². The first-order chi connectivity index (χ1) is 6.15. The van der Waals surface area contributed by atoms with E-state index in [2.05, 4.69) is 24.1 Å². The molecule has 1 amide bonds. The minimum absolute atomic E-state index is 0. The fraction of sp³-hybridized carbons (Fsp3) is 0.500. The van der Waals surface area contributed by atoms with E-state index in [1.54, 1.807) is 0 Å². The van der Waals surface area contributed by atoms with E-state index in [4.69, 9.17) is 0 Å². The lowest BCUT2D eigenvalue weighted by molar-refractivity contribution is 0.0951. The molecule has 1 rings (SSSR count). The maximum absolute atomic E-state index is 11.3. The van der Waals surface area contributed by atoms with Crippen LogP contribution in [-0.4, -0.2) is 17.4 Å². The molecule has 2 N–H and O–H groups in total. The van der Waals surface area contributed by atoms with Crippen LogP contribution in [0.4, 0.5) is 0 Å². The van der Waals surface area contributed by atoms with Crippen molar-refractivity contribution < 1.29 is 7.65 Å². The molecule has 1 aromatic heterocycles. The van der Waals surface area contributed by atoms with Gasteiger partial charge in [-0.3, -0.25) is 4.79 Å².